The van der Waals surface area contributed by atoms with Crippen molar-refractivity contribution in [2.45, 2.75) is 33.6 Å². The molecule has 1 aromatic carbocycles. The van der Waals surface area contributed by atoms with Crippen molar-refractivity contribution in [1.82, 2.24) is 15.2 Å². The van der Waals surface area contributed by atoms with E-state index >= 15 is 0 Å². The minimum atomic E-state index is -0.374. The van der Waals surface area contributed by atoms with E-state index in [1.54, 1.807) is 19.1 Å². The number of phenols is 1. The molecule has 106 valence electrons. The fourth-order valence-corrected chi connectivity index (χ4v) is 1.75. The number of carbonyl (C=O) groups excluding carboxylic acids is 1. The van der Waals surface area contributed by atoms with E-state index < -0.39 is 0 Å². The highest BCUT2D eigenvalue weighted by Gasteiger charge is 2.15. The quantitative estimate of drug-likeness (QED) is 0.750. The average Bonchev–Trinajstić information content (AvgIpc) is 2.85. The summed E-state index contributed by atoms with van der Waals surface area (Å²) < 4.78 is 0. The Kier molecular flexibility index (Phi) is 3.74. The number of hydrogen-bond acceptors (Lipinski definition) is 4. The van der Waals surface area contributed by atoms with Gasteiger partial charge in [0.2, 0.25) is 5.82 Å². The van der Waals surface area contributed by atoms with Gasteiger partial charge in [-0.05, 0) is 37.1 Å². The van der Waals surface area contributed by atoms with Gasteiger partial charge in [-0.2, -0.15) is 0 Å². The second-order valence-electron chi connectivity index (χ2n) is 5.11. The summed E-state index contributed by atoms with van der Waals surface area (Å²) in [4.78, 5) is 16.2. The third kappa shape index (κ3) is 2.79. The molecule has 0 radical (unpaired) electrons. The Morgan fingerprint density at radius 2 is 2.00 bits per heavy atom. The number of aryl methyl sites for hydroxylation is 2. The summed E-state index contributed by atoms with van der Waals surface area (Å²) in [6.07, 6.45) is 0. The predicted octanol–water partition coefficient (Wildman–Crippen LogP) is 2.50. The molecular formula is C14H18N4O2. The van der Waals surface area contributed by atoms with Gasteiger partial charge in [-0.15, -0.1) is 5.10 Å². The number of amides is 1. The zero-order valence-corrected chi connectivity index (χ0v) is 12.0. The summed E-state index contributed by atoms with van der Waals surface area (Å²) >= 11 is 0. The number of aromatic nitrogens is 3. The van der Waals surface area contributed by atoms with Gasteiger partial charge in [-0.1, -0.05) is 13.8 Å². The Morgan fingerprint density at radius 3 is 2.60 bits per heavy atom. The largest absolute Gasteiger partial charge is 0.508 e. The van der Waals surface area contributed by atoms with Crippen LogP contribution in [0.15, 0.2) is 12.1 Å². The fraction of sp³-hybridized carbons (Fsp3) is 0.357. The van der Waals surface area contributed by atoms with Crippen molar-refractivity contribution < 1.29 is 9.90 Å². The number of aromatic hydroxyl groups is 1. The third-order valence-electron chi connectivity index (χ3n) is 3.04. The van der Waals surface area contributed by atoms with E-state index in [1.807, 2.05) is 20.8 Å². The standard InChI is InChI=1S/C14H18N4O2/c1-7(2)12-16-13(18-17-12)14(20)15-10-5-9(4)11(19)6-8(10)3/h5-7,19H,1-4H3,(H,15,20)(H,16,17,18). The second kappa shape index (κ2) is 5.32. The maximum atomic E-state index is 12.1. The molecule has 0 bridgehead atoms. The van der Waals surface area contributed by atoms with Gasteiger partial charge in [0.1, 0.15) is 11.6 Å². The minimum Gasteiger partial charge on any atom is -0.508 e. The number of nitrogens with one attached hydrogen (secondary N) is 2. The zero-order chi connectivity index (χ0) is 14.9. The summed E-state index contributed by atoms with van der Waals surface area (Å²) in [5, 5.41) is 19.0. The highest BCUT2D eigenvalue weighted by molar-refractivity contribution is 6.02. The molecule has 0 fully saturated rings. The number of benzene rings is 1. The van der Waals surface area contributed by atoms with E-state index in [2.05, 4.69) is 20.5 Å². The van der Waals surface area contributed by atoms with Crippen LogP contribution in [0.2, 0.25) is 0 Å². The van der Waals surface area contributed by atoms with Gasteiger partial charge in [0.05, 0.1) is 0 Å². The number of rotatable bonds is 3. The van der Waals surface area contributed by atoms with Crippen LogP contribution in [0.25, 0.3) is 0 Å². The number of H-pyrrole nitrogens is 1. The molecule has 1 heterocycles. The van der Waals surface area contributed by atoms with Gasteiger partial charge >= 0.3 is 0 Å². The lowest BCUT2D eigenvalue weighted by Gasteiger charge is -2.09. The molecular weight excluding hydrogens is 256 g/mol. The van der Waals surface area contributed by atoms with Gasteiger partial charge < -0.3 is 10.4 Å². The van der Waals surface area contributed by atoms with Crippen LogP contribution in [-0.4, -0.2) is 26.2 Å². The van der Waals surface area contributed by atoms with Gasteiger partial charge in [0.15, 0.2) is 0 Å². The topological polar surface area (TPSA) is 90.9 Å². The van der Waals surface area contributed by atoms with Gasteiger partial charge in [0.25, 0.3) is 5.91 Å². The van der Waals surface area contributed by atoms with Gasteiger partial charge in [0, 0.05) is 11.6 Å². The molecule has 0 aliphatic carbocycles. The first-order valence-corrected chi connectivity index (χ1v) is 6.42. The maximum Gasteiger partial charge on any atom is 0.295 e. The summed E-state index contributed by atoms with van der Waals surface area (Å²) in [7, 11) is 0. The highest BCUT2D eigenvalue weighted by atomic mass is 16.3. The first-order valence-electron chi connectivity index (χ1n) is 6.42. The maximum absolute atomic E-state index is 12.1. The Bertz CT molecular complexity index is 647. The van der Waals surface area contributed by atoms with E-state index in [4.69, 9.17) is 0 Å². The molecule has 0 aliphatic rings. The molecule has 0 saturated heterocycles. The monoisotopic (exact) mass is 274 g/mol. The fourth-order valence-electron chi connectivity index (χ4n) is 1.75. The zero-order valence-electron chi connectivity index (χ0n) is 12.0. The van der Waals surface area contributed by atoms with Crippen LogP contribution < -0.4 is 5.32 Å². The lowest BCUT2D eigenvalue weighted by molar-refractivity contribution is 0.101. The lowest BCUT2D eigenvalue weighted by atomic mass is 10.1. The molecule has 0 atom stereocenters. The molecule has 0 unspecified atom stereocenters. The molecule has 6 heteroatoms. The first-order chi connectivity index (χ1) is 9.38. The van der Waals surface area contributed by atoms with E-state index in [0.717, 1.165) is 5.56 Å². The van der Waals surface area contributed by atoms with E-state index in [1.165, 1.54) is 0 Å². The first kappa shape index (κ1) is 14.0. The van der Waals surface area contributed by atoms with Crippen LogP contribution in [-0.2, 0) is 0 Å². The number of carbonyl (C=O) groups is 1. The lowest BCUT2D eigenvalue weighted by Crippen LogP contribution is -2.14. The molecule has 0 saturated carbocycles. The predicted molar refractivity (Wildman–Crippen MR) is 76.0 cm³/mol. The summed E-state index contributed by atoms with van der Waals surface area (Å²) in [5.74, 6) is 0.802. The molecule has 1 amide bonds. The van der Waals surface area contributed by atoms with Crippen LogP contribution in [0.3, 0.4) is 0 Å². The SMILES string of the molecule is Cc1cc(NC(=O)c2n[nH]c(C(C)C)n2)c(C)cc1O. The van der Waals surface area contributed by atoms with Crippen LogP contribution in [0.5, 0.6) is 5.75 Å². The van der Waals surface area contributed by atoms with E-state index in [-0.39, 0.29) is 23.4 Å². The molecule has 2 aromatic rings. The van der Waals surface area contributed by atoms with Gasteiger partial charge in [-0.3, -0.25) is 9.89 Å². The third-order valence-corrected chi connectivity index (χ3v) is 3.04. The molecule has 6 nitrogen and oxygen atoms in total. The smallest absolute Gasteiger partial charge is 0.295 e. The molecule has 1 aromatic heterocycles. The minimum absolute atomic E-state index is 0.110. The molecule has 0 aliphatic heterocycles. The number of phenolic OH excluding ortho intramolecular Hbond substituents is 1. The Morgan fingerprint density at radius 1 is 1.30 bits per heavy atom. The van der Waals surface area contributed by atoms with Crippen LogP contribution in [0.1, 0.15) is 47.3 Å². The average molecular weight is 274 g/mol. The van der Waals surface area contributed by atoms with Crippen molar-refractivity contribution in [3.05, 3.63) is 34.9 Å². The van der Waals surface area contributed by atoms with Crippen molar-refractivity contribution in [1.29, 1.82) is 0 Å². The van der Waals surface area contributed by atoms with E-state index in [0.29, 0.717) is 17.1 Å². The number of nitrogens with zero attached hydrogens (tertiary/aromatic N) is 2. The van der Waals surface area contributed by atoms with Crippen molar-refractivity contribution in [2.75, 3.05) is 5.32 Å². The molecule has 2 rings (SSSR count). The van der Waals surface area contributed by atoms with Crippen molar-refractivity contribution in [3.8, 4) is 5.75 Å². The Balaban J connectivity index is 2.21. The van der Waals surface area contributed by atoms with Crippen molar-refractivity contribution >= 4 is 11.6 Å². The van der Waals surface area contributed by atoms with Crippen LogP contribution in [0.4, 0.5) is 5.69 Å². The number of anilines is 1. The highest BCUT2D eigenvalue weighted by Crippen LogP contribution is 2.25. The number of hydrogen-bond donors (Lipinski definition) is 3. The summed E-state index contributed by atoms with van der Waals surface area (Å²) in [6.45, 7) is 7.52. The summed E-state index contributed by atoms with van der Waals surface area (Å²) in [5.41, 5.74) is 2.12. The van der Waals surface area contributed by atoms with Crippen LogP contribution in [0, 0.1) is 13.8 Å². The van der Waals surface area contributed by atoms with Crippen molar-refractivity contribution in [3.63, 3.8) is 0 Å². The molecule has 3 N–H and O–H groups in total. The van der Waals surface area contributed by atoms with E-state index in [9.17, 15) is 9.90 Å². The van der Waals surface area contributed by atoms with Crippen molar-refractivity contribution in [2.24, 2.45) is 0 Å². The second-order valence-corrected chi connectivity index (χ2v) is 5.11. The van der Waals surface area contributed by atoms with Gasteiger partial charge in [-0.25, -0.2) is 4.98 Å². The normalized spacial score (nSPS) is 10.8. The molecule has 0 spiro atoms. The summed E-state index contributed by atoms with van der Waals surface area (Å²) in [6, 6.07) is 3.33. The molecule has 20 heavy (non-hydrogen) atoms. The Labute approximate surface area is 117 Å². The Hall–Kier alpha value is -2.37. The number of aromatic amines is 1. The van der Waals surface area contributed by atoms with Crippen LogP contribution >= 0.6 is 0 Å².